The molecule has 25 heavy (non-hydrogen) atoms. The van der Waals surface area contributed by atoms with E-state index in [1.165, 1.54) is 16.9 Å². The Balaban J connectivity index is 1.80. The van der Waals surface area contributed by atoms with Crippen molar-refractivity contribution in [2.45, 2.75) is 29.3 Å². The van der Waals surface area contributed by atoms with Gasteiger partial charge in [-0.25, -0.2) is 13.4 Å². The van der Waals surface area contributed by atoms with Gasteiger partial charge >= 0.3 is 0 Å². The van der Waals surface area contributed by atoms with E-state index < -0.39 is 9.84 Å². The van der Waals surface area contributed by atoms with Gasteiger partial charge in [-0.2, -0.15) is 0 Å². The standard InChI is InChI=1S/C18H15ClN2O2S2/c1-12-11-13-7-5-6-10-15(13)21(12)18-20-17(16(19)24-18)25(22,23)14-8-3-2-4-9-14/h2-10,12H,11H2,1H3. The summed E-state index contributed by atoms with van der Waals surface area (Å²) in [6.45, 7) is 2.10. The summed E-state index contributed by atoms with van der Waals surface area (Å²) in [5.41, 5.74) is 2.29. The van der Waals surface area contributed by atoms with Gasteiger partial charge in [0.1, 0.15) is 4.34 Å². The molecule has 1 aromatic heterocycles. The molecule has 1 atom stereocenters. The van der Waals surface area contributed by atoms with Gasteiger partial charge in [-0.15, -0.1) is 0 Å². The largest absolute Gasteiger partial charge is 0.314 e. The van der Waals surface area contributed by atoms with Crippen LogP contribution in [0.5, 0.6) is 0 Å². The molecule has 7 heteroatoms. The van der Waals surface area contributed by atoms with E-state index in [0.717, 1.165) is 12.1 Å². The summed E-state index contributed by atoms with van der Waals surface area (Å²) in [7, 11) is -3.73. The van der Waals surface area contributed by atoms with E-state index in [-0.39, 0.29) is 20.3 Å². The molecule has 2 aromatic carbocycles. The fourth-order valence-corrected chi connectivity index (χ4v) is 6.14. The van der Waals surface area contributed by atoms with Gasteiger partial charge < -0.3 is 4.90 Å². The van der Waals surface area contributed by atoms with Crippen molar-refractivity contribution in [1.82, 2.24) is 4.98 Å². The first-order valence-electron chi connectivity index (χ1n) is 7.82. The zero-order chi connectivity index (χ0) is 17.6. The number of thiazole rings is 1. The number of sulfone groups is 1. The molecule has 4 rings (SSSR count). The first-order chi connectivity index (χ1) is 12.0. The monoisotopic (exact) mass is 390 g/mol. The van der Waals surface area contributed by atoms with Crippen LogP contribution in [0.2, 0.25) is 4.34 Å². The van der Waals surface area contributed by atoms with Crippen LogP contribution in [-0.4, -0.2) is 19.4 Å². The first kappa shape index (κ1) is 16.6. The van der Waals surface area contributed by atoms with Crippen molar-refractivity contribution in [2.75, 3.05) is 4.90 Å². The number of fused-ring (bicyclic) bond motifs is 1. The molecule has 0 saturated heterocycles. The van der Waals surface area contributed by atoms with Crippen molar-refractivity contribution in [1.29, 1.82) is 0 Å². The van der Waals surface area contributed by atoms with Crippen molar-refractivity contribution in [3.63, 3.8) is 0 Å². The highest BCUT2D eigenvalue weighted by Crippen LogP contribution is 2.43. The van der Waals surface area contributed by atoms with Gasteiger partial charge in [0.2, 0.25) is 9.84 Å². The third-order valence-corrected chi connectivity index (χ3v) is 7.46. The quantitative estimate of drug-likeness (QED) is 0.649. The molecule has 2 heterocycles. The van der Waals surface area contributed by atoms with Gasteiger partial charge in [-0.05, 0) is 37.1 Å². The summed E-state index contributed by atoms with van der Waals surface area (Å²) < 4.78 is 25.9. The summed E-state index contributed by atoms with van der Waals surface area (Å²) in [5.74, 6) is 0. The van der Waals surface area contributed by atoms with Crippen LogP contribution >= 0.6 is 22.9 Å². The molecule has 1 unspecified atom stereocenters. The maximum absolute atomic E-state index is 12.9. The topological polar surface area (TPSA) is 50.3 Å². The van der Waals surface area contributed by atoms with Gasteiger partial charge in [-0.3, -0.25) is 0 Å². The second-order valence-electron chi connectivity index (χ2n) is 5.94. The Morgan fingerprint density at radius 2 is 1.80 bits per heavy atom. The zero-order valence-electron chi connectivity index (χ0n) is 13.4. The summed E-state index contributed by atoms with van der Waals surface area (Å²) in [4.78, 5) is 6.68. The minimum Gasteiger partial charge on any atom is -0.314 e. The molecule has 128 valence electrons. The molecule has 0 N–H and O–H groups in total. The minimum absolute atomic E-state index is 0.0723. The van der Waals surface area contributed by atoms with Crippen LogP contribution in [0.15, 0.2) is 64.5 Å². The Kier molecular flexibility index (Phi) is 4.06. The molecule has 0 fully saturated rings. The van der Waals surface area contributed by atoms with E-state index >= 15 is 0 Å². The number of para-hydroxylation sites is 1. The zero-order valence-corrected chi connectivity index (χ0v) is 15.8. The number of aromatic nitrogens is 1. The lowest BCUT2D eigenvalue weighted by Crippen LogP contribution is -2.23. The van der Waals surface area contributed by atoms with Gasteiger partial charge in [-0.1, -0.05) is 59.3 Å². The molecule has 4 nitrogen and oxygen atoms in total. The van der Waals surface area contributed by atoms with E-state index in [1.807, 2.05) is 18.2 Å². The van der Waals surface area contributed by atoms with Crippen LogP contribution in [0, 0.1) is 0 Å². The van der Waals surface area contributed by atoms with Crippen molar-refractivity contribution >= 4 is 43.6 Å². The van der Waals surface area contributed by atoms with Crippen molar-refractivity contribution in [3.05, 3.63) is 64.5 Å². The molecule has 0 amide bonds. The van der Waals surface area contributed by atoms with E-state index in [2.05, 4.69) is 22.9 Å². The smallest absolute Gasteiger partial charge is 0.226 e. The summed E-state index contributed by atoms with van der Waals surface area (Å²) in [6, 6.07) is 16.6. The lowest BCUT2D eigenvalue weighted by atomic mass is 10.1. The highest BCUT2D eigenvalue weighted by atomic mass is 35.5. The lowest BCUT2D eigenvalue weighted by Gasteiger charge is -2.21. The van der Waals surface area contributed by atoms with E-state index in [0.29, 0.717) is 5.13 Å². The number of nitrogens with zero attached hydrogens (tertiary/aromatic N) is 2. The minimum atomic E-state index is -3.73. The fraction of sp³-hybridized carbons (Fsp3) is 0.167. The molecule has 3 aromatic rings. The molecule has 1 aliphatic heterocycles. The summed E-state index contributed by atoms with van der Waals surface area (Å²) >= 11 is 7.48. The van der Waals surface area contributed by atoms with Crippen LogP contribution in [0.4, 0.5) is 10.8 Å². The Hall–Kier alpha value is -1.89. The normalized spacial score (nSPS) is 16.9. The average Bonchev–Trinajstić information content (AvgIpc) is 3.15. The first-order valence-corrected chi connectivity index (χ1v) is 10.5. The third-order valence-electron chi connectivity index (χ3n) is 4.27. The fourth-order valence-electron chi connectivity index (χ4n) is 3.11. The number of halogens is 1. The predicted molar refractivity (Wildman–Crippen MR) is 101 cm³/mol. The molecule has 1 aliphatic rings. The van der Waals surface area contributed by atoms with Crippen LogP contribution in [0.25, 0.3) is 0 Å². The molecule has 0 spiro atoms. The Morgan fingerprint density at radius 1 is 1.12 bits per heavy atom. The summed E-state index contributed by atoms with van der Waals surface area (Å²) in [5, 5.41) is 0.536. The second-order valence-corrected chi connectivity index (χ2v) is 9.39. The van der Waals surface area contributed by atoms with E-state index in [9.17, 15) is 8.42 Å². The van der Waals surface area contributed by atoms with Crippen molar-refractivity contribution < 1.29 is 8.42 Å². The van der Waals surface area contributed by atoms with Crippen LogP contribution in [0.3, 0.4) is 0 Å². The lowest BCUT2D eigenvalue weighted by molar-refractivity contribution is 0.593. The van der Waals surface area contributed by atoms with Gasteiger partial charge in [0.15, 0.2) is 10.2 Å². The SMILES string of the molecule is CC1Cc2ccccc2N1c1nc(S(=O)(=O)c2ccccc2)c(Cl)s1. The van der Waals surface area contributed by atoms with Crippen molar-refractivity contribution in [3.8, 4) is 0 Å². The molecule has 0 saturated carbocycles. The van der Waals surface area contributed by atoms with Crippen LogP contribution in [-0.2, 0) is 16.3 Å². The Labute approximate surface area is 155 Å². The van der Waals surface area contributed by atoms with Crippen LogP contribution in [0.1, 0.15) is 12.5 Å². The number of benzene rings is 2. The van der Waals surface area contributed by atoms with Crippen molar-refractivity contribution in [2.24, 2.45) is 0 Å². The molecule has 0 aliphatic carbocycles. The maximum atomic E-state index is 12.9. The van der Waals surface area contributed by atoms with Gasteiger partial charge in [0.05, 0.1) is 4.90 Å². The van der Waals surface area contributed by atoms with Crippen LogP contribution < -0.4 is 4.90 Å². The average molecular weight is 391 g/mol. The Morgan fingerprint density at radius 3 is 2.56 bits per heavy atom. The maximum Gasteiger partial charge on any atom is 0.226 e. The van der Waals surface area contributed by atoms with E-state index in [1.54, 1.807) is 30.3 Å². The third kappa shape index (κ3) is 2.74. The molecular formula is C18H15ClN2O2S2. The summed E-state index contributed by atoms with van der Waals surface area (Å²) in [6.07, 6.45) is 0.897. The highest BCUT2D eigenvalue weighted by Gasteiger charge is 2.32. The van der Waals surface area contributed by atoms with E-state index in [4.69, 9.17) is 11.6 Å². The number of rotatable bonds is 3. The number of hydrogen-bond acceptors (Lipinski definition) is 5. The molecular weight excluding hydrogens is 376 g/mol. The predicted octanol–water partition coefficient (Wildman–Crippen LogP) is 4.71. The molecule has 0 radical (unpaired) electrons. The number of hydrogen-bond donors (Lipinski definition) is 0. The number of anilines is 2. The van der Waals surface area contributed by atoms with Gasteiger partial charge in [0, 0.05) is 11.7 Å². The molecule has 0 bridgehead atoms. The highest BCUT2D eigenvalue weighted by molar-refractivity contribution is 7.91. The Bertz CT molecular complexity index is 1030. The van der Waals surface area contributed by atoms with Gasteiger partial charge in [0.25, 0.3) is 0 Å². The second kappa shape index (κ2) is 6.12.